The maximum absolute atomic E-state index is 13.5. The molecule has 0 spiro atoms. The van der Waals surface area contributed by atoms with Gasteiger partial charge in [-0.05, 0) is 70.9 Å². The molecule has 1 aromatic carbocycles. The standard InChI is InChI=1S/C28H41N5O2S/c1-4-31(5-2)17-10-8-12-22-13-9-11-18-32(22)19-16-29-28(35)33-25-15-7-6-14-24(25)30-27(34)23-20-36-21(3)26(23)33/h6-7,14-15,20,22H,4-5,8-13,16-19H2,1-3H3,(H,29,35)(H,30,34). The van der Waals surface area contributed by atoms with Crippen LogP contribution in [0.3, 0.4) is 0 Å². The fraction of sp³-hybridized carbons (Fsp3) is 0.571. The van der Waals surface area contributed by atoms with Gasteiger partial charge in [-0.1, -0.05) is 38.8 Å². The number of urea groups is 1. The SMILES string of the molecule is CCN(CC)CCCCC1CCCCN1CCNC(=O)N1c2ccccc2NC(=O)c2csc(C)c21. The number of carbonyl (C=O) groups excluding carboxylic acids is 2. The minimum absolute atomic E-state index is 0.172. The molecule has 1 saturated heterocycles. The van der Waals surface area contributed by atoms with Gasteiger partial charge in [0.2, 0.25) is 0 Å². The van der Waals surface area contributed by atoms with Crippen molar-refractivity contribution in [2.24, 2.45) is 0 Å². The van der Waals surface area contributed by atoms with E-state index in [9.17, 15) is 9.59 Å². The Bertz CT molecular complexity index is 1030. The van der Waals surface area contributed by atoms with Gasteiger partial charge in [-0.3, -0.25) is 14.6 Å². The minimum atomic E-state index is -0.186. The molecule has 8 heteroatoms. The average molecular weight is 512 g/mol. The summed E-state index contributed by atoms with van der Waals surface area (Å²) in [6.07, 6.45) is 7.54. The molecule has 1 fully saturated rings. The first kappa shape index (κ1) is 26.6. The lowest BCUT2D eigenvalue weighted by molar-refractivity contribution is 0.102. The maximum atomic E-state index is 13.5. The minimum Gasteiger partial charge on any atom is -0.336 e. The molecule has 2 aliphatic rings. The Kier molecular flexibility index (Phi) is 9.40. The lowest BCUT2D eigenvalue weighted by Crippen LogP contribution is -2.46. The van der Waals surface area contributed by atoms with Crippen LogP contribution in [0.25, 0.3) is 0 Å². The second kappa shape index (κ2) is 12.7. The van der Waals surface area contributed by atoms with Gasteiger partial charge in [0.1, 0.15) is 0 Å². The first-order valence-corrected chi connectivity index (χ1v) is 14.4. The molecule has 0 aliphatic carbocycles. The van der Waals surface area contributed by atoms with Crippen LogP contribution in [0.15, 0.2) is 29.6 Å². The molecule has 3 heterocycles. The maximum Gasteiger partial charge on any atom is 0.326 e. The van der Waals surface area contributed by atoms with Crippen molar-refractivity contribution < 1.29 is 9.59 Å². The van der Waals surface area contributed by atoms with E-state index in [1.165, 1.54) is 56.4 Å². The number of anilines is 3. The number of thiophene rings is 1. The van der Waals surface area contributed by atoms with Gasteiger partial charge in [-0.2, -0.15) is 0 Å². The van der Waals surface area contributed by atoms with Crippen molar-refractivity contribution in [1.82, 2.24) is 15.1 Å². The van der Waals surface area contributed by atoms with E-state index in [2.05, 4.69) is 34.3 Å². The molecule has 0 bridgehead atoms. The monoisotopic (exact) mass is 511 g/mol. The topological polar surface area (TPSA) is 67.9 Å². The molecule has 0 radical (unpaired) electrons. The van der Waals surface area contributed by atoms with Crippen molar-refractivity contribution in [1.29, 1.82) is 0 Å². The number of nitrogens with one attached hydrogen (secondary N) is 2. The number of carbonyl (C=O) groups is 2. The van der Waals surface area contributed by atoms with Crippen LogP contribution >= 0.6 is 11.3 Å². The summed E-state index contributed by atoms with van der Waals surface area (Å²) in [6, 6.07) is 7.93. The van der Waals surface area contributed by atoms with E-state index in [1.807, 2.05) is 36.6 Å². The Morgan fingerprint density at radius 1 is 1.19 bits per heavy atom. The zero-order valence-corrected chi connectivity index (χ0v) is 22.8. The van der Waals surface area contributed by atoms with Gasteiger partial charge < -0.3 is 15.5 Å². The number of fused-ring (bicyclic) bond motifs is 2. The number of nitrogens with zero attached hydrogens (tertiary/aromatic N) is 3. The van der Waals surface area contributed by atoms with Crippen molar-refractivity contribution >= 4 is 40.3 Å². The highest BCUT2D eigenvalue weighted by molar-refractivity contribution is 7.11. The average Bonchev–Trinajstić information content (AvgIpc) is 3.21. The van der Waals surface area contributed by atoms with E-state index in [0.717, 1.165) is 31.1 Å². The van der Waals surface area contributed by atoms with Crippen LogP contribution < -0.4 is 15.5 Å². The van der Waals surface area contributed by atoms with Crippen LogP contribution in [-0.4, -0.2) is 67.0 Å². The smallest absolute Gasteiger partial charge is 0.326 e. The zero-order valence-electron chi connectivity index (χ0n) is 22.0. The summed E-state index contributed by atoms with van der Waals surface area (Å²) in [5, 5.41) is 7.97. The molecular formula is C28H41N5O2S. The lowest BCUT2D eigenvalue weighted by atomic mass is 9.97. The van der Waals surface area contributed by atoms with Crippen molar-refractivity contribution in [2.75, 3.05) is 49.5 Å². The largest absolute Gasteiger partial charge is 0.336 e. The summed E-state index contributed by atoms with van der Waals surface area (Å²) >= 11 is 1.50. The van der Waals surface area contributed by atoms with Crippen LogP contribution in [0, 0.1) is 6.92 Å². The predicted octanol–water partition coefficient (Wildman–Crippen LogP) is 5.84. The van der Waals surface area contributed by atoms with E-state index >= 15 is 0 Å². The highest BCUT2D eigenvalue weighted by Crippen LogP contribution is 2.42. The number of para-hydroxylation sites is 2. The summed E-state index contributed by atoms with van der Waals surface area (Å²) in [5.74, 6) is -0.172. The Morgan fingerprint density at radius 2 is 2.00 bits per heavy atom. The summed E-state index contributed by atoms with van der Waals surface area (Å²) in [7, 11) is 0. The van der Waals surface area contributed by atoms with E-state index in [0.29, 0.717) is 35.2 Å². The number of unbranched alkanes of at least 4 members (excludes halogenated alkanes) is 1. The molecule has 7 nitrogen and oxygen atoms in total. The fourth-order valence-corrected chi connectivity index (χ4v) is 6.33. The summed E-state index contributed by atoms with van der Waals surface area (Å²) in [5.41, 5.74) is 2.58. The van der Waals surface area contributed by atoms with Gasteiger partial charge in [0.25, 0.3) is 5.91 Å². The first-order valence-electron chi connectivity index (χ1n) is 13.6. The molecular weight excluding hydrogens is 470 g/mol. The molecule has 196 valence electrons. The van der Waals surface area contributed by atoms with Crippen LogP contribution in [0.1, 0.15) is 67.6 Å². The van der Waals surface area contributed by atoms with Crippen molar-refractivity contribution in [3.8, 4) is 0 Å². The molecule has 1 atom stereocenters. The van der Waals surface area contributed by atoms with Gasteiger partial charge in [-0.25, -0.2) is 4.79 Å². The quantitative estimate of drug-likeness (QED) is 0.394. The molecule has 3 amide bonds. The van der Waals surface area contributed by atoms with Crippen LogP contribution in [0.4, 0.5) is 21.9 Å². The number of piperidine rings is 1. The van der Waals surface area contributed by atoms with E-state index in [-0.39, 0.29) is 11.9 Å². The number of benzene rings is 1. The van der Waals surface area contributed by atoms with E-state index in [4.69, 9.17) is 0 Å². The van der Waals surface area contributed by atoms with Crippen LogP contribution in [-0.2, 0) is 0 Å². The summed E-state index contributed by atoms with van der Waals surface area (Å²) < 4.78 is 0. The van der Waals surface area contributed by atoms with Gasteiger partial charge in [0, 0.05) is 29.4 Å². The van der Waals surface area contributed by atoms with E-state index < -0.39 is 0 Å². The normalized spacial score (nSPS) is 17.9. The molecule has 1 aromatic heterocycles. The van der Waals surface area contributed by atoms with Crippen molar-refractivity contribution in [2.45, 2.75) is 65.3 Å². The number of amides is 3. The number of hydrogen-bond acceptors (Lipinski definition) is 5. The summed E-state index contributed by atoms with van der Waals surface area (Å²) in [4.78, 5) is 34.1. The molecule has 36 heavy (non-hydrogen) atoms. The molecule has 4 rings (SSSR count). The number of aryl methyl sites for hydroxylation is 1. The Balaban J connectivity index is 1.37. The van der Waals surface area contributed by atoms with Crippen molar-refractivity contribution in [3.05, 3.63) is 40.1 Å². The number of likely N-dealkylation sites (tertiary alicyclic amines) is 1. The highest BCUT2D eigenvalue weighted by atomic mass is 32.1. The van der Waals surface area contributed by atoms with Crippen LogP contribution in [0.2, 0.25) is 0 Å². The lowest BCUT2D eigenvalue weighted by Gasteiger charge is -2.36. The summed E-state index contributed by atoms with van der Waals surface area (Å²) in [6.45, 7) is 12.4. The van der Waals surface area contributed by atoms with Gasteiger partial charge >= 0.3 is 6.03 Å². The third kappa shape index (κ3) is 6.10. The Morgan fingerprint density at radius 3 is 2.81 bits per heavy atom. The van der Waals surface area contributed by atoms with Gasteiger partial charge in [-0.15, -0.1) is 11.3 Å². The predicted molar refractivity (Wildman–Crippen MR) is 150 cm³/mol. The second-order valence-corrected chi connectivity index (χ2v) is 10.9. The molecule has 2 aliphatic heterocycles. The third-order valence-electron chi connectivity index (χ3n) is 7.59. The Labute approximate surface area is 219 Å². The fourth-order valence-electron chi connectivity index (χ4n) is 5.50. The zero-order chi connectivity index (χ0) is 25.5. The molecule has 0 saturated carbocycles. The molecule has 1 unspecified atom stereocenters. The van der Waals surface area contributed by atoms with Crippen LogP contribution in [0.5, 0.6) is 0 Å². The molecule has 2 N–H and O–H groups in total. The highest BCUT2D eigenvalue weighted by Gasteiger charge is 2.32. The third-order valence-corrected chi connectivity index (χ3v) is 8.49. The molecule has 2 aromatic rings. The Hall–Kier alpha value is -2.42. The number of rotatable bonds is 10. The van der Waals surface area contributed by atoms with E-state index in [1.54, 1.807) is 4.90 Å². The van der Waals surface area contributed by atoms with Gasteiger partial charge in [0.05, 0.1) is 22.6 Å². The van der Waals surface area contributed by atoms with Gasteiger partial charge in [0.15, 0.2) is 0 Å². The second-order valence-electron chi connectivity index (χ2n) is 9.80. The first-order chi connectivity index (χ1) is 17.5. The van der Waals surface area contributed by atoms with Crippen molar-refractivity contribution in [3.63, 3.8) is 0 Å². The number of hydrogen-bond donors (Lipinski definition) is 2.